The van der Waals surface area contributed by atoms with Crippen molar-refractivity contribution in [2.24, 2.45) is 5.92 Å². The van der Waals surface area contributed by atoms with Crippen LogP contribution in [0.15, 0.2) is 24.3 Å². The lowest BCUT2D eigenvalue weighted by molar-refractivity contribution is -0.116. The van der Waals surface area contributed by atoms with Crippen LogP contribution in [0, 0.1) is 11.3 Å². The summed E-state index contributed by atoms with van der Waals surface area (Å²) < 4.78 is 4.95. The lowest BCUT2D eigenvalue weighted by Crippen LogP contribution is -2.32. The van der Waals surface area contributed by atoms with E-state index in [0.717, 1.165) is 6.29 Å². The minimum atomic E-state index is -0.883. The van der Waals surface area contributed by atoms with Gasteiger partial charge in [0.1, 0.15) is 18.4 Å². The molecule has 23 heavy (non-hydrogen) atoms. The van der Waals surface area contributed by atoms with Crippen LogP contribution >= 0.6 is 0 Å². The van der Waals surface area contributed by atoms with Gasteiger partial charge in [-0.05, 0) is 18.4 Å². The Morgan fingerprint density at radius 1 is 1.30 bits per heavy atom. The molecule has 6 nitrogen and oxygen atoms in total. The van der Waals surface area contributed by atoms with Gasteiger partial charge in [0.2, 0.25) is 0 Å². The number of ether oxygens (including phenoxy) is 1. The molecule has 0 aliphatic rings. The molecule has 6 heteroatoms. The van der Waals surface area contributed by atoms with Crippen LogP contribution in [0.25, 0.3) is 0 Å². The SMILES string of the molecule is CC(C)COC(=O)NC(=N)c1ccc(C(C)(C=O)CC=O)cc1. The van der Waals surface area contributed by atoms with Crippen molar-refractivity contribution in [3.8, 4) is 0 Å². The maximum atomic E-state index is 11.5. The molecule has 0 heterocycles. The molecule has 1 aromatic carbocycles. The van der Waals surface area contributed by atoms with E-state index in [-0.39, 0.29) is 24.8 Å². The minimum Gasteiger partial charge on any atom is -0.449 e. The number of carbonyl (C=O) groups excluding carboxylic acids is 3. The number of alkyl carbamates (subject to hydrolysis) is 1. The molecule has 0 bridgehead atoms. The Balaban J connectivity index is 2.76. The lowest BCUT2D eigenvalue weighted by Gasteiger charge is -2.21. The summed E-state index contributed by atoms with van der Waals surface area (Å²) in [5.74, 6) is 0.126. The van der Waals surface area contributed by atoms with E-state index in [2.05, 4.69) is 5.32 Å². The molecule has 0 radical (unpaired) electrons. The van der Waals surface area contributed by atoms with Crippen molar-refractivity contribution in [1.82, 2.24) is 5.32 Å². The zero-order valence-corrected chi connectivity index (χ0v) is 13.6. The quantitative estimate of drug-likeness (QED) is 0.458. The van der Waals surface area contributed by atoms with Crippen LogP contribution in [0.1, 0.15) is 38.3 Å². The van der Waals surface area contributed by atoms with Crippen LogP contribution in [0.2, 0.25) is 0 Å². The summed E-state index contributed by atoms with van der Waals surface area (Å²) in [5, 5.41) is 10.2. The Morgan fingerprint density at radius 2 is 1.91 bits per heavy atom. The van der Waals surface area contributed by atoms with Crippen LogP contribution in [-0.4, -0.2) is 31.1 Å². The second-order valence-electron chi connectivity index (χ2n) is 5.98. The zero-order valence-electron chi connectivity index (χ0n) is 13.6. The number of nitrogens with one attached hydrogen (secondary N) is 2. The smallest absolute Gasteiger partial charge is 0.412 e. The Morgan fingerprint density at radius 3 is 2.39 bits per heavy atom. The van der Waals surface area contributed by atoms with Gasteiger partial charge >= 0.3 is 6.09 Å². The molecule has 1 unspecified atom stereocenters. The van der Waals surface area contributed by atoms with Gasteiger partial charge < -0.3 is 14.3 Å². The van der Waals surface area contributed by atoms with Gasteiger partial charge in [-0.3, -0.25) is 10.7 Å². The van der Waals surface area contributed by atoms with Gasteiger partial charge in [0.25, 0.3) is 0 Å². The molecule has 0 fully saturated rings. The number of hydrogen-bond acceptors (Lipinski definition) is 5. The van der Waals surface area contributed by atoms with Gasteiger partial charge in [0.15, 0.2) is 0 Å². The first-order chi connectivity index (χ1) is 10.8. The minimum absolute atomic E-state index is 0.0894. The fraction of sp³-hybridized carbons (Fsp3) is 0.412. The maximum Gasteiger partial charge on any atom is 0.412 e. The largest absolute Gasteiger partial charge is 0.449 e. The Hall–Kier alpha value is -2.50. The van der Waals surface area contributed by atoms with Crippen LogP contribution < -0.4 is 5.32 Å². The molecule has 0 spiro atoms. The maximum absolute atomic E-state index is 11.5. The topological polar surface area (TPSA) is 96.3 Å². The fourth-order valence-electron chi connectivity index (χ4n) is 1.88. The second kappa shape index (κ2) is 8.22. The van der Waals surface area contributed by atoms with Crippen molar-refractivity contribution in [2.45, 2.75) is 32.6 Å². The number of amidine groups is 1. The van der Waals surface area contributed by atoms with Gasteiger partial charge in [-0.1, -0.05) is 38.1 Å². The van der Waals surface area contributed by atoms with Gasteiger partial charge in [0, 0.05) is 12.0 Å². The summed E-state index contributed by atoms with van der Waals surface area (Å²) in [5.41, 5.74) is 0.277. The van der Waals surface area contributed by atoms with Crippen LogP contribution in [0.4, 0.5) is 4.79 Å². The van der Waals surface area contributed by atoms with E-state index in [4.69, 9.17) is 10.1 Å². The predicted molar refractivity (Wildman–Crippen MR) is 86.7 cm³/mol. The predicted octanol–water partition coefficient (Wildman–Crippen LogP) is 2.44. The third kappa shape index (κ3) is 5.32. The lowest BCUT2D eigenvalue weighted by atomic mass is 9.81. The van der Waals surface area contributed by atoms with Gasteiger partial charge in [0.05, 0.1) is 12.0 Å². The second-order valence-corrected chi connectivity index (χ2v) is 5.98. The average molecular weight is 318 g/mol. The first-order valence-electron chi connectivity index (χ1n) is 7.35. The van der Waals surface area contributed by atoms with Crippen molar-refractivity contribution in [1.29, 1.82) is 5.41 Å². The van der Waals surface area contributed by atoms with Gasteiger partial charge in [-0.15, -0.1) is 0 Å². The van der Waals surface area contributed by atoms with Crippen LogP contribution in [-0.2, 0) is 19.7 Å². The Labute approximate surface area is 135 Å². The molecule has 1 atom stereocenters. The van der Waals surface area contributed by atoms with E-state index in [9.17, 15) is 14.4 Å². The van der Waals surface area contributed by atoms with E-state index in [1.165, 1.54) is 0 Å². The van der Waals surface area contributed by atoms with Crippen molar-refractivity contribution in [3.63, 3.8) is 0 Å². The molecule has 0 aliphatic heterocycles. The molecule has 2 N–H and O–H groups in total. The summed E-state index contributed by atoms with van der Waals surface area (Å²) in [7, 11) is 0. The molecular weight excluding hydrogens is 296 g/mol. The number of rotatable bonds is 7. The van der Waals surface area contributed by atoms with Crippen molar-refractivity contribution >= 4 is 24.5 Å². The third-order valence-electron chi connectivity index (χ3n) is 3.38. The number of benzene rings is 1. The van der Waals surface area contributed by atoms with E-state index in [1.807, 2.05) is 13.8 Å². The summed E-state index contributed by atoms with van der Waals surface area (Å²) >= 11 is 0. The average Bonchev–Trinajstić information content (AvgIpc) is 2.53. The highest BCUT2D eigenvalue weighted by molar-refractivity contribution is 6.04. The normalized spacial score (nSPS) is 13.0. The molecule has 1 amide bonds. The summed E-state index contributed by atoms with van der Waals surface area (Å²) in [6.07, 6.45) is 0.860. The van der Waals surface area contributed by atoms with Crippen molar-refractivity contribution in [2.75, 3.05) is 6.61 Å². The molecule has 0 saturated heterocycles. The van der Waals surface area contributed by atoms with Gasteiger partial charge in [-0.25, -0.2) is 4.79 Å². The van der Waals surface area contributed by atoms with Crippen molar-refractivity contribution < 1.29 is 19.1 Å². The highest BCUT2D eigenvalue weighted by Gasteiger charge is 2.25. The molecule has 1 aromatic rings. The molecule has 1 rings (SSSR count). The molecule has 0 aromatic heterocycles. The van der Waals surface area contributed by atoms with Gasteiger partial charge in [-0.2, -0.15) is 0 Å². The first kappa shape index (κ1) is 18.5. The molecular formula is C17H22N2O4. The summed E-state index contributed by atoms with van der Waals surface area (Å²) in [6.45, 7) is 5.79. The Kier molecular flexibility index (Phi) is 6.63. The highest BCUT2D eigenvalue weighted by Crippen LogP contribution is 2.24. The van der Waals surface area contributed by atoms with Crippen LogP contribution in [0.3, 0.4) is 0 Å². The third-order valence-corrected chi connectivity index (χ3v) is 3.38. The number of aldehydes is 2. The molecule has 0 aliphatic carbocycles. The summed E-state index contributed by atoms with van der Waals surface area (Å²) in [4.78, 5) is 33.5. The number of amides is 1. The monoisotopic (exact) mass is 318 g/mol. The van der Waals surface area contributed by atoms with Crippen molar-refractivity contribution in [3.05, 3.63) is 35.4 Å². The van der Waals surface area contributed by atoms with E-state index < -0.39 is 11.5 Å². The van der Waals surface area contributed by atoms with E-state index >= 15 is 0 Å². The standard InChI is InChI=1S/C17H22N2O4/c1-12(2)10-23-16(22)19-15(18)13-4-6-14(7-5-13)17(3,11-21)8-9-20/h4-7,9,11-12H,8,10H2,1-3H3,(H2,18,19,22). The number of hydrogen-bond donors (Lipinski definition) is 2. The number of carbonyl (C=O) groups is 3. The highest BCUT2D eigenvalue weighted by atomic mass is 16.5. The first-order valence-corrected chi connectivity index (χ1v) is 7.35. The Bertz CT molecular complexity index is 581. The fourth-order valence-corrected chi connectivity index (χ4v) is 1.88. The van der Waals surface area contributed by atoms with E-state index in [0.29, 0.717) is 17.4 Å². The molecule has 124 valence electrons. The van der Waals surface area contributed by atoms with E-state index in [1.54, 1.807) is 31.2 Å². The van der Waals surface area contributed by atoms with Crippen LogP contribution in [0.5, 0.6) is 0 Å². The summed E-state index contributed by atoms with van der Waals surface area (Å²) in [6, 6.07) is 6.58. The zero-order chi connectivity index (χ0) is 17.5. The molecule has 0 saturated carbocycles.